The third-order valence-corrected chi connectivity index (χ3v) is 6.43. The minimum atomic E-state index is 0.126. The average Bonchev–Trinajstić information content (AvgIpc) is 2.83. The molecule has 7 nitrogen and oxygen atoms in total. The zero-order chi connectivity index (χ0) is 21.5. The van der Waals surface area contributed by atoms with Crippen LogP contribution in [0.2, 0.25) is 0 Å². The summed E-state index contributed by atoms with van der Waals surface area (Å²) >= 11 is 0. The molecular formula is C24H33N5O2. The summed E-state index contributed by atoms with van der Waals surface area (Å²) in [5, 5.41) is 16.1. The van der Waals surface area contributed by atoms with Crippen molar-refractivity contribution in [1.29, 1.82) is 0 Å². The first kappa shape index (κ1) is 21.6. The quantitative estimate of drug-likeness (QED) is 0.625. The Bertz CT molecular complexity index is 869. The van der Waals surface area contributed by atoms with Crippen LogP contribution >= 0.6 is 0 Å². The molecule has 1 aromatic heterocycles. The molecule has 2 heterocycles. The monoisotopic (exact) mass is 423 g/mol. The van der Waals surface area contributed by atoms with Gasteiger partial charge in [-0.15, -0.1) is 0 Å². The molecule has 1 atom stereocenters. The van der Waals surface area contributed by atoms with Gasteiger partial charge in [-0.1, -0.05) is 31.4 Å². The summed E-state index contributed by atoms with van der Waals surface area (Å²) in [4.78, 5) is 23.5. The number of benzene rings is 1. The number of aliphatic hydroxyl groups excluding tert-OH is 1. The Morgan fingerprint density at radius 2 is 1.90 bits per heavy atom. The first-order chi connectivity index (χ1) is 15.2. The van der Waals surface area contributed by atoms with Gasteiger partial charge in [0.05, 0.1) is 12.6 Å². The maximum Gasteiger partial charge on any atom is 0.227 e. The molecule has 1 saturated heterocycles. The topological polar surface area (TPSA) is 90.4 Å². The van der Waals surface area contributed by atoms with Gasteiger partial charge in [-0.3, -0.25) is 4.79 Å². The number of aliphatic hydroxyl groups is 1. The lowest BCUT2D eigenvalue weighted by Crippen LogP contribution is -2.42. The summed E-state index contributed by atoms with van der Waals surface area (Å²) in [6.45, 7) is 1.66. The molecule has 1 unspecified atom stereocenters. The molecule has 7 heteroatoms. The van der Waals surface area contributed by atoms with Crippen molar-refractivity contribution in [2.75, 3.05) is 28.7 Å². The number of carbonyl (C=O) groups is 1. The fraction of sp³-hybridized carbons (Fsp3) is 0.542. The van der Waals surface area contributed by atoms with E-state index in [1.807, 2.05) is 30.3 Å². The van der Waals surface area contributed by atoms with E-state index in [4.69, 9.17) is 0 Å². The summed E-state index contributed by atoms with van der Waals surface area (Å²) in [5.74, 6) is 1.89. The highest BCUT2D eigenvalue weighted by atomic mass is 16.3. The third-order valence-electron chi connectivity index (χ3n) is 6.43. The molecule has 1 amide bonds. The van der Waals surface area contributed by atoms with Crippen molar-refractivity contribution in [1.82, 2.24) is 9.97 Å². The van der Waals surface area contributed by atoms with Gasteiger partial charge in [-0.25, -0.2) is 9.97 Å². The molecule has 1 aliphatic heterocycles. The molecule has 2 aromatic rings. The van der Waals surface area contributed by atoms with E-state index in [2.05, 4.69) is 25.5 Å². The number of hydrogen-bond donors (Lipinski definition) is 3. The SMILES string of the molecule is O=C(Nc1cccc(CNc2cc(N3CCCCC3CO)ncn2)c1)C1CCCCC1. The Hall–Kier alpha value is -2.67. The van der Waals surface area contributed by atoms with Gasteiger partial charge in [0.2, 0.25) is 5.91 Å². The third kappa shape index (κ3) is 5.73. The molecule has 4 rings (SSSR count). The van der Waals surface area contributed by atoms with Gasteiger partial charge in [0, 0.05) is 30.8 Å². The maximum atomic E-state index is 12.5. The molecule has 31 heavy (non-hydrogen) atoms. The van der Waals surface area contributed by atoms with E-state index < -0.39 is 0 Å². The maximum absolute atomic E-state index is 12.5. The predicted molar refractivity (Wildman–Crippen MR) is 123 cm³/mol. The van der Waals surface area contributed by atoms with E-state index in [1.54, 1.807) is 6.33 Å². The second-order valence-electron chi connectivity index (χ2n) is 8.67. The number of anilines is 3. The van der Waals surface area contributed by atoms with Crippen LogP contribution in [0.3, 0.4) is 0 Å². The van der Waals surface area contributed by atoms with Crippen LogP contribution in [0.4, 0.5) is 17.3 Å². The summed E-state index contributed by atoms with van der Waals surface area (Å²) < 4.78 is 0. The average molecular weight is 424 g/mol. The molecule has 0 spiro atoms. The molecule has 166 valence electrons. The standard InChI is InChI=1S/C24H33N5O2/c30-16-21-11-4-5-12-29(21)23-14-22(26-17-27-23)25-15-18-7-6-10-20(13-18)28-24(31)19-8-2-1-3-9-19/h6-7,10,13-14,17,19,21,30H,1-5,8-9,11-12,15-16H2,(H,28,31)(H,25,26,27). The van der Waals surface area contributed by atoms with Crippen LogP contribution in [0.15, 0.2) is 36.7 Å². The fourth-order valence-electron chi connectivity index (χ4n) is 4.65. The number of carbonyl (C=O) groups excluding carboxylic acids is 1. The highest BCUT2D eigenvalue weighted by Crippen LogP contribution is 2.26. The Labute approximate surface area is 184 Å². The van der Waals surface area contributed by atoms with Gasteiger partial charge in [-0.2, -0.15) is 0 Å². The second-order valence-corrected chi connectivity index (χ2v) is 8.67. The lowest BCUT2D eigenvalue weighted by Gasteiger charge is -2.35. The number of amides is 1. The highest BCUT2D eigenvalue weighted by Gasteiger charge is 2.23. The summed E-state index contributed by atoms with van der Waals surface area (Å²) in [5.41, 5.74) is 1.92. The Kier molecular flexibility index (Phi) is 7.35. The van der Waals surface area contributed by atoms with Crippen LogP contribution in [0.1, 0.15) is 56.9 Å². The smallest absolute Gasteiger partial charge is 0.227 e. The van der Waals surface area contributed by atoms with Crippen LogP contribution < -0.4 is 15.5 Å². The summed E-state index contributed by atoms with van der Waals surface area (Å²) in [7, 11) is 0. The predicted octanol–water partition coefficient (Wildman–Crippen LogP) is 3.96. The van der Waals surface area contributed by atoms with Crippen LogP contribution in [-0.2, 0) is 11.3 Å². The normalized spacial score (nSPS) is 19.8. The van der Waals surface area contributed by atoms with E-state index in [0.29, 0.717) is 6.54 Å². The molecule has 0 bridgehead atoms. The van der Waals surface area contributed by atoms with Crippen molar-refractivity contribution in [3.05, 3.63) is 42.2 Å². The van der Waals surface area contributed by atoms with Crippen LogP contribution in [0.25, 0.3) is 0 Å². The molecule has 3 N–H and O–H groups in total. The Morgan fingerprint density at radius 3 is 2.74 bits per heavy atom. The number of aromatic nitrogens is 2. The molecular weight excluding hydrogens is 390 g/mol. The number of nitrogens with one attached hydrogen (secondary N) is 2. The van der Waals surface area contributed by atoms with E-state index in [0.717, 1.165) is 74.4 Å². The molecule has 1 aromatic carbocycles. The van der Waals surface area contributed by atoms with Gasteiger partial charge in [-0.05, 0) is 49.8 Å². The minimum absolute atomic E-state index is 0.126. The van der Waals surface area contributed by atoms with E-state index in [9.17, 15) is 9.90 Å². The summed E-state index contributed by atoms with van der Waals surface area (Å²) in [6, 6.07) is 10.0. The van der Waals surface area contributed by atoms with E-state index in [-0.39, 0.29) is 24.5 Å². The first-order valence-electron chi connectivity index (χ1n) is 11.6. The van der Waals surface area contributed by atoms with Gasteiger partial charge >= 0.3 is 0 Å². The Morgan fingerprint density at radius 1 is 1.06 bits per heavy atom. The van der Waals surface area contributed by atoms with Gasteiger partial charge in [0.15, 0.2) is 0 Å². The van der Waals surface area contributed by atoms with Crippen LogP contribution in [0.5, 0.6) is 0 Å². The number of nitrogens with zero attached hydrogens (tertiary/aromatic N) is 3. The lowest BCUT2D eigenvalue weighted by atomic mass is 9.88. The van der Waals surface area contributed by atoms with Gasteiger partial charge in [0.1, 0.15) is 18.0 Å². The summed E-state index contributed by atoms with van der Waals surface area (Å²) in [6.07, 6.45) is 10.4. The number of hydrogen-bond acceptors (Lipinski definition) is 6. The van der Waals surface area contributed by atoms with Crippen molar-refractivity contribution in [2.24, 2.45) is 5.92 Å². The zero-order valence-corrected chi connectivity index (χ0v) is 18.1. The van der Waals surface area contributed by atoms with Crippen molar-refractivity contribution < 1.29 is 9.90 Å². The first-order valence-corrected chi connectivity index (χ1v) is 11.6. The van der Waals surface area contributed by atoms with Gasteiger partial charge in [0.25, 0.3) is 0 Å². The fourth-order valence-corrected chi connectivity index (χ4v) is 4.65. The van der Waals surface area contributed by atoms with Crippen molar-refractivity contribution in [2.45, 2.75) is 64.0 Å². The van der Waals surface area contributed by atoms with Gasteiger partial charge < -0.3 is 20.6 Å². The number of rotatable bonds is 7. The highest BCUT2D eigenvalue weighted by molar-refractivity contribution is 5.92. The number of piperidine rings is 1. The molecule has 2 aliphatic rings. The van der Waals surface area contributed by atoms with Crippen LogP contribution in [0, 0.1) is 5.92 Å². The van der Waals surface area contributed by atoms with Crippen molar-refractivity contribution in [3.8, 4) is 0 Å². The molecule has 2 fully saturated rings. The minimum Gasteiger partial charge on any atom is -0.394 e. The molecule has 1 aliphatic carbocycles. The molecule has 0 radical (unpaired) electrons. The lowest BCUT2D eigenvalue weighted by molar-refractivity contribution is -0.120. The molecule has 1 saturated carbocycles. The van der Waals surface area contributed by atoms with Crippen molar-refractivity contribution >= 4 is 23.2 Å². The van der Waals surface area contributed by atoms with Crippen LogP contribution in [-0.4, -0.2) is 40.2 Å². The largest absolute Gasteiger partial charge is 0.394 e. The second kappa shape index (κ2) is 10.6. The zero-order valence-electron chi connectivity index (χ0n) is 18.1. The van der Waals surface area contributed by atoms with Crippen molar-refractivity contribution in [3.63, 3.8) is 0 Å². The Balaban J connectivity index is 1.36. The van der Waals surface area contributed by atoms with E-state index >= 15 is 0 Å². The van der Waals surface area contributed by atoms with E-state index in [1.165, 1.54) is 6.42 Å².